The number of benzene rings is 1. The molecule has 1 unspecified atom stereocenters. The minimum Gasteiger partial charge on any atom is -0.496 e. The standard InChI is InChI=1S/C16H26N2O2.ClH/c1-10(2)14(17)16(19)18(5)9-13-7-11(3)15(20-6)12(4)8-13;/h7-8,10,14H,9,17H2,1-6H3;1H. The number of rotatable bonds is 5. The van der Waals surface area contributed by atoms with E-state index >= 15 is 0 Å². The highest BCUT2D eigenvalue weighted by Crippen LogP contribution is 2.24. The topological polar surface area (TPSA) is 55.6 Å². The zero-order chi connectivity index (χ0) is 15.4. The summed E-state index contributed by atoms with van der Waals surface area (Å²) in [6.07, 6.45) is 0. The number of nitrogens with two attached hydrogens (primary N) is 1. The predicted octanol–water partition coefficient (Wildman–Crippen LogP) is 2.68. The van der Waals surface area contributed by atoms with E-state index in [1.807, 2.05) is 27.7 Å². The highest BCUT2D eigenvalue weighted by molar-refractivity contribution is 5.85. The summed E-state index contributed by atoms with van der Waals surface area (Å²) in [5.41, 5.74) is 9.16. The molecule has 1 aromatic rings. The lowest BCUT2D eigenvalue weighted by Crippen LogP contribution is -2.44. The van der Waals surface area contributed by atoms with Crippen LogP contribution in [0.2, 0.25) is 0 Å². The SMILES string of the molecule is COc1c(C)cc(CN(C)C(=O)C(N)C(C)C)cc1C.Cl. The van der Waals surface area contributed by atoms with E-state index in [2.05, 4.69) is 12.1 Å². The third-order valence-electron chi connectivity index (χ3n) is 3.52. The number of nitrogens with zero attached hydrogens (tertiary/aromatic N) is 1. The van der Waals surface area contributed by atoms with Crippen molar-refractivity contribution in [3.63, 3.8) is 0 Å². The second-order valence-corrected chi connectivity index (χ2v) is 5.73. The number of amides is 1. The van der Waals surface area contributed by atoms with E-state index in [1.54, 1.807) is 19.1 Å². The van der Waals surface area contributed by atoms with Gasteiger partial charge >= 0.3 is 0 Å². The van der Waals surface area contributed by atoms with E-state index in [9.17, 15) is 4.79 Å². The maximum Gasteiger partial charge on any atom is 0.239 e. The van der Waals surface area contributed by atoms with E-state index in [4.69, 9.17) is 10.5 Å². The number of carbonyl (C=O) groups excluding carboxylic acids is 1. The molecule has 120 valence electrons. The number of halogens is 1. The van der Waals surface area contributed by atoms with Crippen LogP contribution in [0.25, 0.3) is 0 Å². The summed E-state index contributed by atoms with van der Waals surface area (Å²) in [7, 11) is 3.46. The molecule has 0 saturated heterocycles. The minimum atomic E-state index is -0.444. The lowest BCUT2D eigenvalue weighted by molar-refractivity contribution is -0.132. The van der Waals surface area contributed by atoms with Gasteiger partial charge in [-0.25, -0.2) is 0 Å². The lowest BCUT2D eigenvalue weighted by atomic mass is 10.0. The first kappa shape index (κ1) is 19.7. The number of methoxy groups -OCH3 is 1. The molecule has 0 fully saturated rings. The molecule has 1 aromatic carbocycles. The molecule has 5 heteroatoms. The van der Waals surface area contributed by atoms with Gasteiger partial charge in [0.2, 0.25) is 5.91 Å². The van der Waals surface area contributed by atoms with E-state index in [0.717, 1.165) is 22.4 Å². The van der Waals surface area contributed by atoms with E-state index in [-0.39, 0.29) is 24.2 Å². The summed E-state index contributed by atoms with van der Waals surface area (Å²) in [6.45, 7) is 8.50. The molecule has 2 N–H and O–H groups in total. The molecule has 0 aliphatic rings. The van der Waals surface area contributed by atoms with Crippen LogP contribution in [0, 0.1) is 19.8 Å². The molecule has 0 saturated carbocycles. The van der Waals surface area contributed by atoms with Crippen LogP contribution in [0.4, 0.5) is 0 Å². The Morgan fingerprint density at radius 1 is 1.29 bits per heavy atom. The highest BCUT2D eigenvalue weighted by Gasteiger charge is 2.21. The van der Waals surface area contributed by atoms with Crippen molar-refractivity contribution < 1.29 is 9.53 Å². The molecule has 0 aliphatic heterocycles. The Morgan fingerprint density at radius 3 is 2.14 bits per heavy atom. The van der Waals surface area contributed by atoms with Gasteiger partial charge in [-0.2, -0.15) is 0 Å². The first-order valence-electron chi connectivity index (χ1n) is 6.92. The Kier molecular flexibility index (Phi) is 7.75. The molecule has 0 aromatic heterocycles. The molecule has 1 amide bonds. The summed E-state index contributed by atoms with van der Waals surface area (Å²) in [6, 6.07) is 3.66. The van der Waals surface area contributed by atoms with Gasteiger partial charge in [-0.05, 0) is 36.5 Å². The monoisotopic (exact) mass is 314 g/mol. The van der Waals surface area contributed by atoms with Crippen LogP contribution in [0.3, 0.4) is 0 Å². The Balaban J connectivity index is 0.00000400. The predicted molar refractivity (Wildman–Crippen MR) is 89.0 cm³/mol. The van der Waals surface area contributed by atoms with Crippen molar-refractivity contribution >= 4 is 18.3 Å². The van der Waals surface area contributed by atoms with Gasteiger partial charge in [0.1, 0.15) is 5.75 Å². The van der Waals surface area contributed by atoms with Crippen LogP contribution >= 0.6 is 12.4 Å². The fraction of sp³-hybridized carbons (Fsp3) is 0.562. The molecule has 4 nitrogen and oxygen atoms in total. The van der Waals surface area contributed by atoms with Crippen molar-refractivity contribution in [2.75, 3.05) is 14.2 Å². The quantitative estimate of drug-likeness (QED) is 0.909. The number of likely N-dealkylation sites (N-methyl/N-ethyl adjacent to an activating group) is 1. The number of carbonyl (C=O) groups is 1. The van der Waals surface area contributed by atoms with Crippen molar-refractivity contribution in [3.8, 4) is 5.75 Å². The highest BCUT2D eigenvalue weighted by atomic mass is 35.5. The van der Waals surface area contributed by atoms with Gasteiger partial charge in [0.05, 0.1) is 13.2 Å². The molecule has 0 aliphatic carbocycles. The first-order valence-corrected chi connectivity index (χ1v) is 6.92. The van der Waals surface area contributed by atoms with Crippen LogP contribution in [-0.4, -0.2) is 31.0 Å². The summed E-state index contributed by atoms with van der Waals surface area (Å²) in [4.78, 5) is 13.8. The Hall–Kier alpha value is -1.26. The van der Waals surface area contributed by atoms with Gasteiger partial charge in [-0.15, -0.1) is 12.4 Å². The molecular formula is C16H27ClN2O2. The average molecular weight is 315 g/mol. The van der Waals surface area contributed by atoms with Crippen molar-refractivity contribution in [3.05, 3.63) is 28.8 Å². The molecule has 1 atom stereocenters. The van der Waals surface area contributed by atoms with Gasteiger partial charge in [0.25, 0.3) is 0 Å². The largest absolute Gasteiger partial charge is 0.496 e. The van der Waals surface area contributed by atoms with E-state index in [0.29, 0.717) is 6.54 Å². The Bertz CT molecular complexity index is 466. The minimum absolute atomic E-state index is 0. The number of aryl methyl sites for hydroxylation is 2. The summed E-state index contributed by atoms with van der Waals surface area (Å²) < 4.78 is 5.35. The van der Waals surface area contributed by atoms with Crippen molar-refractivity contribution in [1.29, 1.82) is 0 Å². The van der Waals surface area contributed by atoms with Crippen LogP contribution < -0.4 is 10.5 Å². The van der Waals surface area contributed by atoms with Crippen LogP contribution in [0.5, 0.6) is 5.75 Å². The molecule has 0 bridgehead atoms. The van der Waals surface area contributed by atoms with Gasteiger partial charge in [0, 0.05) is 13.6 Å². The molecule has 0 heterocycles. The fourth-order valence-electron chi connectivity index (χ4n) is 2.34. The normalized spacial score (nSPS) is 11.8. The third-order valence-corrected chi connectivity index (χ3v) is 3.52. The summed E-state index contributed by atoms with van der Waals surface area (Å²) in [5, 5.41) is 0. The fourth-order valence-corrected chi connectivity index (χ4v) is 2.34. The molecule has 1 rings (SSSR count). The maximum absolute atomic E-state index is 12.2. The van der Waals surface area contributed by atoms with Gasteiger partial charge in [0.15, 0.2) is 0 Å². The van der Waals surface area contributed by atoms with E-state index < -0.39 is 6.04 Å². The van der Waals surface area contributed by atoms with Crippen LogP contribution in [0.1, 0.15) is 30.5 Å². The first-order chi connectivity index (χ1) is 9.27. The number of hydrogen-bond acceptors (Lipinski definition) is 3. The summed E-state index contributed by atoms with van der Waals surface area (Å²) >= 11 is 0. The van der Waals surface area contributed by atoms with Crippen molar-refractivity contribution in [2.24, 2.45) is 11.7 Å². The third kappa shape index (κ3) is 4.90. The van der Waals surface area contributed by atoms with Crippen molar-refractivity contribution in [1.82, 2.24) is 4.90 Å². The molecule has 21 heavy (non-hydrogen) atoms. The average Bonchev–Trinajstić information content (AvgIpc) is 2.36. The van der Waals surface area contributed by atoms with Gasteiger partial charge in [-0.1, -0.05) is 26.0 Å². The van der Waals surface area contributed by atoms with E-state index in [1.165, 1.54) is 0 Å². The molecule has 0 radical (unpaired) electrons. The Morgan fingerprint density at radius 2 is 1.76 bits per heavy atom. The smallest absolute Gasteiger partial charge is 0.239 e. The lowest BCUT2D eigenvalue weighted by Gasteiger charge is -2.24. The zero-order valence-corrected chi connectivity index (χ0v) is 14.6. The summed E-state index contributed by atoms with van der Waals surface area (Å²) in [5.74, 6) is 1.03. The van der Waals surface area contributed by atoms with Crippen molar-refractivity contribution in [2.45, 2.75) is 40.3 Å². The Labute approximate surface area is 134 Å². The van der Waals surface area contributed by atoms with Gasteiger partial charge in [-0.3, -0.25) is 4.79 Å². The number of hydrogen-bond donors (Lipinski definition) is 1. The van der Waals surface area contributed by atoms with Crippen LogP contribution in [0.15, 0.2) is 12.1 Å². The van der Waals surface area contributed by atoms with Crippen LogP contribution in [-0.2, 0) is 11.3 Å². The zero-order valence-electron chi connectivity index (χ0n) is 13.8. The second-order valence-electron chi connectivity index (χ2n) is 5.73. The second kappa shape index (κ2) is 8.25. The molecule has 0 spiro atoms. The van der Waals surface area contributed by atoms with Gasteiger partial charge < -0.3 is 15.4 Å². The number of ether oxygens (including phenoxy) is 1. The maximum atomic E-state index is 12.2. The molecular weight excluding hydrogens is 288 g/mol.